The molecule has 0 saturated heterocycles. The van der Waals surface area contributed by atoms with Crippen LogP contribution in [0.15, 0.2) is 28.2 Å². The van der Waals surface area contributed by atoms with E-state index in [1.165, 1.54) is 22.2 Å². The summed E-state index contributed by atoms with van der Waals surface area (Å²) < 4.78 is 6.78. The molecule has 1 unspecified atom stereocenters. The van der Waals surface area contributed by atoms with Crippen LogP contribution < -0.4 is 10.9 Å². The van der Waals surface area contributed by atoms with Crippen LogP contribution in [0.2, 0.25) is 0 Å². The average Bonchev–Trinajstić information content (AvgIpc) is 3.17. The van der Waals surface area contributed by atoms with Gasteiger partial charge in [0.2, 0.25) is 5.91 Å². The Hall–Kier alpha value is -2.16. The fraction of sp³-hybridized carbons (Fsp3) is 0.480. The van der Waals surface area contributed by atoms with E-state index >= 15 is 0 Å². The van der Waals surface area contributed by atoms with Gasteiger partial charge in [-0.15, -0.1) is 11.3 Å². The highest BCUT2D eigenvalue weighted by Gasteiger charge is 2.25. The maximum Gasteiger partial charge on any atom is 0.267 e. The number of carbonyl (C=O) groups is 1. The van der Waals surface area contributed by atoms with Crippen molar-refractivity contribution >= 4 is 39.2 Å². The van der Waals surface area contributed by atoms with Crippen LogP contribution in [0.4, 0.5) is 0 Å². The number of nitrogens with one attached hydrogen (secondary N) is 1. The van der Waals surface area contributed by atoms with Crippen molar-refractivity contribution < 1.29 is 9.53 Å². The number of amides is 1. The molecule has 1 aliphatic rings. The molecule has 1 aromatic carbocycles. The first-order chi connectivity index (χ1) is 15.9. The van der Waals surface area contributed by atoms with Crippen molar-refractivity contribution in [2.45, 2.75) is 63.3 Å². The lowest BCUT2D eigenvalue weighted by atomic mass is 9.97. The molecule has 2 aromatic heterocycles. The molecule has 0 radical (unpaired) electrons. The van der Waals surface area contributed by atoms with Gasteiger partial charge in [-0.2, -0.15) is 0 Å². The Balaban J connectivity index is 1.78. The molecule has 0 fully saturated rings. The summed E-state index contributed by atoms with van der Waals surface area (Å²) in [5, 5.41) is 3.90. The van der Waals surface area contributed by atoms with Crippen LogP contribution in [0.3, 0.4) is 0 Å². The van der Waals surface area contributed by atoms with Crippen LogP contribution in [0, 0.1) is 13.8 Å². The summed E-state index contributed by atoms with van der Waals surface area (Å²) in [5.41, 5.74) is 4.07. The molecule has 6 nitrogen and oxygen atoms in total. The third-order valence-electron chi connectivity index (χ3n) is 6.04. The third kappa shape index (κ3) is 5.03. The topological polar surface area (TPSA) is 73.2 Å². The molecule has 1 amide bonds. The highest BCUT2D eigenvalue weighted by atomic mass is 32.2. The third-order valence-corrected chi connectivity index (χ3v) is 8.28. The number of aromatic nitrogens is 2. The molecule has 8 heteroatoms. The summed E-state index contributed by atoms with van der Waals surface area (Å²) in [6, 6.07) is 6.11. The van der Waals surface area contributed by atoms with Crippen molar-refractivity contribution in [3.8, 4) is 5.69 Å². The van der Waals surface area contributed by atoms with E-state index in [0.717, 1.165) is 59.1 Å². The normalized spacial score (nSPS) is 14.3. The molecule has 1 aliphatic carbocycles. The van der Waals surface area contributed by atoms with Gasteiger partial charge in [0.15, 0.2) is 5.16 Å². The number of methoxy groups -OCH3 is 1. The number of carbonyl (C=O) groups excluding carboxylic acids is 1. The molecule has 2 heterocycles. The molecule has 176 valence electrons. The standard InChI is InChI=1S/C25H31N3O3S2/c1-15-10-11-16(2)19(14-15)28-24(30)21-18-8-5-6-9-20(18)33-23(21)27-25(28)32-17(3)22(29)26-12-7-13-31-4/h10-11,14,17H,5-9,12-13H2,1-4H3,(H,26,29). The first-order valence-corrected chi connectivity index (χ1v) is 13.2. The average molecular weight is 486 g/mol. The molecule has 0 bridgehead atoms. The maximum absolute atomic E-state index is 13.9. The number of fused-ring (bicyclic) bond motifs is 3. The quantitative estimate of drug-likeness (QED) is 0.287. The number of benzene rings is 1. The lowest BCUT2D eigenvalue weighted by Crippen LogP contribution is -2.33. The SMILES string of the molecule is COCCCNC(=O)C(C)Sc1nc2sc3c(c2c(=O)n1-c1cc(C)ccc1C)CCCC3. The predicted molar refractivity (Wildman–Crippen MR) is 136 cm³/mol. The maximum atomic E-state index is 13.9. The fourth-order valence-corrected chi connectivity index (χ4v) is 6.47. The molecule has 1 N–H and O–H groups in total. The minimum atomic E-state index is -0.386. The Morgan fingerprint density at radius 3 is 2.88 bits per heavy atom. The minimum absolute atomic E-state index is 0.0247. The summed E-state index contributed by atoms with van der Waals surface area (Å²) >= 11 is 2.98. The zero-order chi connectivity index (χ0) is 23.5. The summed E-state index contributed by atoms with van der Waals surface area (Å²) in [5.74, 6) is -0.0663. The van der Waals surface area contributed by atoms with Crippen LogP contribution in [0.5, 0.6) is 0 Å². The number of hydrogen-bond acceptors (Lipinski definition) is 6. The summed E-state index contributed by atoms with van der Waals surface area (Å²) in [6.07, 6.45) is 4.98. The second kappa shape index (κ2) is 10.4. The lowest BCUT2D eigenvalue weighted by Gasteiger charge is -2.18. The molecule has 4 rings (SSSR count). The van der Waals surface area contributed by atoms with Gasteiger partial charge in [-0.05, 0) is 75.6 Å². The Morgan fingerprint density at radius 2 is 2.09 bits per heavy atom. The molecule has 3 aromatic rings. The zero-order valence-electron chi connectivity index (χ0n) is 19.7. The first kappa shape index (κ1) is 24.0. The highest BCUT2D eigenvalue weighted by Crippen LogP contribution is 2.36. The van der Waals surface area contributed by atoms with Crippen molar-refractivity contribution in [3.05, 3.63) is 50.1 Å². The Morgan fingerprint density at radius 1 is 1.30 bits per heavy atom. The van der Waals surface area contributed by atoms with Crippen molar-refractivity contribution in [2.24, 2.45) is 0 Å². The van der Waals surface area contributed by atoms with Gasteiger partial charge >= 0.3 is 0 Å². The van der Waals surface area contributed by atoms with Crippen LogP contribution in [0.25, 0.3) is 15.9 Å². The van der Waals surface area contributed by atoms with Gasteiger partial charge in [-0.3, -0.25) is 14.2 Å². The van der Waals surface area contributed by atoms with Crippen molar-refractivity contribution in [3.63, 3.8) is 0 Å². The van der Waals surface area contributed by atoms with Gasteiger partial charge in [0.05, 0.1) is 16.3 Å². The zero-order valence-corrected chi connectivity index (χ0v) is 21.3. The summed E-state index contributed by atoms with van der Waals surface area (Å²) in [7, 11) is 1.65. The van der Waals surface area contributed by atoms with E-state index in [2.05, 4.69) is 5.32 Å². The van der Waals surface area contributed by atoms with Crippen molar-refractivity contribution in [2.75, 3.05) is 20.3 Å². The predicted octanol–water partition coefficient (Wildman–Crippen LogP) is 4.58. The van der Waals surface area contributed by atoms with Crippen LogP contribution in [-0.4, -0.2) is 41.0 Å². The molecule has 0 saturated carbocycles. The van der Waals surface area contributed by atoms with E-state index in [9.17, 15) is 9.59 Å². The van der Waals surface area contributed by atoms with Gasteiger partial charge in [0, 0.05) is 25.1 Å². The molecular formula is C25H31N3O3S2. The molecular weight excluding hydrogens is 454 g/mol. The largest absolute Gasteiger partial charge is 0.385 e. The van der Waals surface area contributed by atoms with E-state index < -0.39 is 0 Å². The fourth-order valence-electron chi connectivity index (χ4n) is 4.22. The summed E-state index contributed by atoms with van der Waals surface area (Å²) in [6.45, 7) is 7.06. The number of hydrogen-bond donors (Lipinski definition) is 1. The second-order valence-electron chi connectivity index (χ2n) is 8.61. The molecule has 0 spiro atoms. The van der Waals surface area contributed by atoms with Gasteiger partial charge < -0.3 is 10.1 Å². The number of thioether (sulfide) groups is 1. The van der Waals surface area contributed by atoms with E-state index in [4.69, 9.17) is 9.72 Å². The van der Waals surface area contributed by atoms with Crippen molar-refractivity contribution in [1.29, 1.82) is 0 Å². The molecule has 0 aliphatic heterocycles. The Kier molecular flexibility index (Phi) is 7.56. The number of aryl methyl sites for hydroxylation is 4. The van der Waals surface area contributed by atoms with Gasteiger partial charge in [0.1, 0.15) is 4.83 Å². The van der Waals surface area contributed by atoms with Gasteiger partial charge in [0.25, 0.3) is 5.56 Å². The lowest BCUT2D eigenvalue weighted by molar-refractivity contribution is -0.120. The monoisotopic (exact) mass is 485 g/mol. The van der Waals surface area contributed by atoms with E-state index in [1.807, 2.05) is 39.0 Å². The molecule has 33 heavy (non-hydrogen) atoms. The van der Waals surface area contributed by atoms with Crippen LogP contribution in [-0.2, 0) is 22.4 Å². The van der Waals surface area contributed by atoms with E-state index in [0.29, 0.717) is 18.3 Å². The minimum Gasteiger partial charge on any atom is -0.385 e. The second-order valence-corrected chi connectivity index (χ2v) is 11.0. The van der Waals surface area contributed by atoms with Gasteiger partial charge in [-0.1, -0.05) is 23.9 Å². The number of rotatable bonds is 8. The number of ether oxygens (including phenoxy) is 1. The van der Waals surface area contributed by atoms with E-state index in [-0.39, 0.29) is 16.7 Å². The van der Waals surface area contributed by atoms with Crippen LogP contribution >= 0.6 is 23.1 Å². The number of thiophene rings is 1. The van der Waals surface area contributed by atoms with Crippen LogP contribution in [0.1, 0.15) is 47.8 Å². The van der Waals surface area contributed by atoms with E-state index in [1.54, 1.807) is 23.0 Å². The van der Waals surface area contributed by atoms with Crippen molar-refractivity contribution in [1.82, 2.24) is 14.9 Å². The highest BCUT2D eigenvalue weighted by molar-refractivity contribution is 8.00. The smallest absolute Gasteiger partial charge is 0.267 e. The number of nitrogens with zero attached hydrogens (tertiary/aromatic N) is 2. The first-order valence-electron chi connectivity index (χ1n) is 11.5. The summed E-state index contributed by atoms with van der Waals surface area (Å²) in [4.78, 5) is 33.7. The van der Waals surface area contributed by atoms with Gasteiger partial charge in [-0.25, -0.2) is 4.98 Å². The Bertz CT molecular complexity index is 1230. The molecule has 1 atom stereocenters. The Labute approximate surface area is 202 Å².